The first-order chi connectivity index (χ1) is 9.74. The van der Waals surface area contributed by atoms with Gasteiger partial charge in [-0.05, 0) is 12.8 Å². The van der Waals surface area contributed by atoms with E-state index in [0.717, 1.165) is 12.8 Å². The molecule has 4 rings (SSSR count). The van der Waals surface area contributed by atoms with E-state index in [4.69, 9.17) is 9.47 Å². The van der Waals surface area contributed by atoms with Crippen LogP contribution >= 0.6 is 0 Å². The summed E-state index contributed by atoms with van der Waals surface area (Å²) in [5.74, 6) is -0.384. The van der Waals surface area contributed by atoms with E-state index in [2.05, 4.69) is 0 Å². The first kappa shape index (κ1) is 12.3. The van der Waals surface area contributed by atoms with Crippen molar-refractivity contribution in [1.82, 2.24) is 10.0 Å². The van der Waals surface area contributed by atoms with Crippen LogP contribution in [-0.2, 0) is 19.1 Å². The van der Waals surface area contributed by atoms with E-state index in [-0.39, 0.29) is 35.9 Å². The number of nitrogens with zero attached hydrogens (tertiary/aromatic N) is 2. The summed E-state index contributed by atoms with van der Waals surface area (Å²) in [6.07, 6.45) is 5.72. The number of hydrogen-bond acceptors (Lipinski definition) is 4. The molecule has 108 valence electrons. The molecule has 0 N–H and O–H groups in total. The van der Waals surface area contributed by atoms with E-state index in [1.807, 2.05) is 12.2 Å². The minimum absolute atomic E-state index is 0.0294. The van der Waals surface area contributed by atoms with E-state index in [0.29, 0.717) is 26.3 Å². The summed E-state index contributed by atoms with van der Waals surface area (Å²) in [5.41, 5.74) is 0. The average Bonchev–Trinajstić information content (AvgIpc) is 3.35. The van der Waals surface area contributed by atoms with E-state index in [9.17, 15) is 9.59 Å². The Balaban J connectivity index is 1.60. The Morgan fingerprint density at radius 1 is 1.05 bits per heavy atom. The van der Waals surface area contributed by atoms with Gasteiger partial charge in [0, 0.05) is 0 Å². The molecule has 0 aromatic rings. The molecule has 3 heterocycles. The van der Waals surface area contributed by atoms with Crippen LogP contribution in [0.3, 0.4) is 0 Å². The third-order valence-electron chi connectivity index (χ3n) is 4.38. The number of epoxide rings is 2. The number of fused-ring (bicyclic) bond motifs is 1. The lowest BCUT2D eigenvalue weighted by Crippen LogP contribution is -2.62. The van der Waals surface area contributed by atoms with Crippen molar-refractivity contribution in [1.29, 1.82) is 0 Å². The molecule has 2 amide bonds. The lowest BCUT2D eigenvalue weighted by molar-refractivity contribution is -0.182. The molecule has 0 aromatic heterocycles. The molecule has 4 unspecified atom stereocenters. The highest BCUT2D eigenvalue weighted by atomic mass is 16.6. The minimum Gasteiger partial charge on any atom is -0.371 e. The van der Waals surface area contributed by atoms with Gasteiger partial charge in [0.05, 0.1) is 38.1 Å². The van der Waals surface area contributed by atoms with E-state index in [1.54, 1.807) is 10.0 Å². The summed E-state index contributed by atoms with van der Waals surface area (Å²) < 4.78 is 10.4. The van der Waals surface area contributed by atoms with Gasteiger partial charge in [-0.15, -0.1) is 0 Å². The zero-order valence-electron chi connectivity index (χ0n) is 11.2. The minimum atomic E-state index is -0.286. The number of hydrazine groups is 1. The standard InChI is InChI=1S/C14H18N2O4/c17-13-11-3-1-2-4-12(11)14(18)16(6-10-8-20-10)15(13)5-9-7-19-9/h1,3,9-12H,2,4-8H2. The fourth-order valence-electron chi connectivity index (χ4n) is 3.07. The van der Waals surface area contributed by atoms with Gasteiger partial charge in [-0.3, -0.25) is 9.59 Å². The Hall–Kier alpha value is -1.40. The van der Waals surface area contributed by atoms with E-state index in [1.165, 1.54) is 0 Å². The molecular weight excluding hydrogens is 260 g/mol. The van der Waals surface area contributed by atoms with Crippen LogP contribution in [0.2, 0.25) is 0 Å². The molecule has 0 bridgehead atoms. The first-order valence-electron chi connectivity index (χ1n) is 7.26. The molecule has 3 saturated heterocycles. The van der Waals surface area contributed by atoms with Crippen molar-refractivity contribution >= 4 is 11.8 Å². The molecule has 0 aromatic carbocycles. The molecule has 6 nitrogen and oxygen atoms in total. The monoisotopic (exact) mass is 278 g/mol. The predicted molar refractivity (Wildman–Crippen MR) is 68.3 cm³/mol. The highest BCUT2D eigenvalue weighted by Gasteiger charge is 2.48. The Kier molecular flexibility index (Phi) is 2.82. The quantitative estimate of drug-likeness (QED) is 0.534. The number of ether oxygens (including phenoxy) is 2. The second-order valence-electron chi connectivity index (χ2n) is 5.89. The van der Waals surface area contributed by atoms with Gasteiger partial charge in [0.2, 0.25) is 11.8 Å². The van der Waals surface area contributed by atoms with Gasteiger partial charge in [-0.25, -0.2) is 10.0 Å². The van der Waals surface area contributed by atoms with Crippen LogP contribution in [0.1, 0.15) is 12.8 Å². The molecule has 4 atom stereocenters. The molecule has 3 aliphatic heterocycles. The van der Waals surface area contributed by atoms with Crippen molar-refractivity contribution in [3.05, 3.63) is 12.2 Å². The molecule has 0 radical (unpaired) electrons. The number of carbonyl (C=O) groups excluding carboxylic acids is 2. The van der Waals surface area contributed by atoms with Crippen molar-refractivity contribution in [2.24, 2.45) is 11.8 Å². The maximum atomic E-state index is 12.7. The van der Waals surface area contributed by atoms with Gasteiger partial charge in [0.25, 0.3) is 0 Å². The lowest BCUT2D eigenvalue weighted by atomic mass is 9.81. The maximum absolute atomic E-state index is 12.7. The highest BCUT2D eigenvalue weighted by molar-refractivity contribution is 5.94. The van der Waals surface area contributed by atoms with E-state index >= 15 is 0 Å². The Morgan fingerprint density at radius 3 is 2.25 bits per heavy atom. The van der Waals surface area contributed by atoms with Crippen molar-refractivity contribution < 1.29 is 19.1 Å². The molecule has 20 heavy (non-hydrogen) atoms. The zero-order valence-corrected chi connectivity index (χ0v) is 11.2. The number of carbonyl (C=O) groups is 2. The van der Waals surface area contributed by atoms with Crippen molar-refractivity contribution in [2.45, 2.75) is 25.0 Å². The third kappa shape index (κ3) is 2.13. The Morgan fingerprint density at radius 2 is 1.65 bits per heavy atom. The summed E-state index contributed by atoms with van der Waals surface area (Å²) in [6.45, 7) is 2.33. The SMILES string of the molecule is O=C1C2C=CCCC2C(=O)N(CC2CO2)N1CC1CO1. The largest absolute Gasteiger partial charge is 0.371 e. The Bertz CT molecular complexity index is 470. The Labute approximate surface area is 117 Å². The summed E-state index contributed by atoms with van der Waals surface area (Å²) >= 11 is 0. The molecular formula is C14H18N2O4. The van der Waals surface area contributed by atoms with Crippen LogP contribution < -0.4 is 0 Å². The molecule has 3 fully saturated rings. The normalized spacial score (nSPS) is 39.0. The lowest BCUT2D eigenvalue weighted by Gasteiger charge is -2.45. The fraction of sp³-hybridized carbons (Fsp3) is 0.714. The van der Waals surface area contributed by atoms with Gasteiger partial charge in [0.1, 0.15) is 12.2 Å². The second-order valence-corrected chi connectivity index (χ2v) is 5.89. The molecule has 1 aliphatic carbocycles. The zero-order chi connectivity index (χ0) is 13.7. The second kappa shape index (κ2) is 4.56. The summed E-state index contributed by atoms with van der Waals surface area (Å²) in [4.78, 5) is 25.3. The van der Waals surface area contributed by atoms with Gasteiger partial charge in [-0.2, -0.15) is 0 Å². The third-order valence-corrected chi connectivity index (χ3v) is 4.38. The van der Waals surface area contributed by atoms with Crippen molar-refractivity contribution in [3.8, 4) is 0 Å². The highest BCUT2D eigenvalue weighted by Crippen LogP contribution is 2.34. The van der Waals surface area contributed by atoms with Crippen LogP contribution in [-0.4, -0.2) is 60.3 Å². The summed E-state index contributed by atoms with van der Waals surface area (Å²) in [7, 11) is 0. The van der Waals surface area contributed by atoms with Crippen LogP contribution in [0.5, 0.6) is 0 Å². The van der Waals surface area contributed by atoms with Crippen LogP contribution in [0.4, 0.5) is 0 Å². The first-order valence-corrected chi connectivity index (χ1v) is 7.26. The summed E-state index contributed by atoms with van der Waals surface area (Å²) in [6, 6.07) is 0. The fourth-order valence-corrected chi connectivity index (χ4v) is 3.07. The van der Waals surface area contributed by atoms with Crippen LogP contribution in [0, 0.1) is 11.8 Å². The molecule has 0 spiro atoms. The summed E-state index contributed by atoms with van der Waals surface area (Å²) in [5, 5.41) is 3.21. The molecule has 4 aliphatic rings. The van der Waals surface area contributed by atoms with Gasteiger partial charge < -0.3 is 9.47 Å². The average molecular weight is 278 g/mol. The topological polar surface area (TPSA) is 65.7 Å². The van der Waals surface area contributed by atoms with Crippen molar-refractivity contribution in [2.75, 3.05) is 26.3 Å². The van der Waals surface area contributed by atoms with Crippen LogP contribution in [0.25, 0.3) is 0 Å². The number of allylic oxidation sites excluding steroid dienone is 1. The smallest absolute Gasteiger partial charge is 0.248 e. The van der Waals surface area contributed by atoms with E-state index < -0.39 is 0 Å². The van der Waals surface area contributed by atoms with Gasteiger partial charge in [0.15, 0.2) is 0 Å². The number of rotatable bonds is 4. The van der Waals surface area contributed by atoms with Gasteiger partial charge in [-0.1, -0.05) is 12.2 Å². The maximum Gasteiger partial charge on any atom is 0.248 e. The number of amides is 2. The van der Waals surface area contributed by atoms with Crippen LogP contribution in [0.15, 0.2) is 12.2 Å². The van der Waals surface area contributed by atoms with Crippen molar-refractivity contribution in [3.63, 3.8) is 0 Å². The van der Waals surface area contributed by atoms with Gasteiger partial charge >= 0.3 is 0 Å². The predicted octanol–water partition coefficient (Wildman–Crippen LogP) is -0.0478. The molecule has 0 saturated carbocycles. The number of hydrogen-bond donors (Lipinski definition) is 0. The molecule has 6 heteroatoms.